The Morgan fingerprint density at radius 3 is 2.47 bits per heavy atom. The molecule has 162 valence electrons. The molecular weight excluding hydrogens is 439 g/mol. The topological polar surface area (TPSA) is 49.4 Å². The van der Waals surface area contributed by atoms with E-state index in [2.05, 4.69) is 12.2 Å². The van der Waals surface area contributed by atoms with Gasteiger partial charge in [-0.15, -0.1) is 11.8 Å². The first kappa shape index (κ1) is 24.6. The summed E-state index contributed by atoms with van der Waals surface area (Å²) in [6.45, 7) is 4.81. The summed E-state index contributed by atoms with van der Waals surface area (Å²) in [5.41, 5.74) is 1.92. The standard InChI is InChI=1S/C23H28Cl2N2O2S/c1-3-4-13-26-23(29)17(2)27(14-18-9-11-20(24)12-10-18)22(28)16-30-15-19-7-5-6-8-21(19)25/h5-12,17H,3-4,13-16H2,1-2H3,(H,26,29)/t17-/m1/s1. The fourth-order valence-corrected chi connectivity index (χ4v) is 4.17. The highest BCUT2D eigenvalue weighted by molar-refractivity contribution is 7.99. The molecule has 1 atom stereocenters. The van der Waals surface area contributed by atoms with E-state index >= 15 is 0 Å². The third-order valence-electron chi connectivity index (χ3n) is 4.70. The molecule has 1 N–H and O–H groups in total. The van der Waals surface area contributed by atoms with Crippen LogP contribution < -0.4 is 5.32 Å². The average Bonchev–Trinajstić information content (AvgIpc) is 2.74. The minimum Gasteiger partial charge on any atom is -0.354 e. The Morgan fingerprint density at radius 2 is 1.80 bits per heavy atom. The minimum absolute atomic E-state index is 0.0832. The first-order valence-electron chi connectivity index (χ1n) is 10.0. The predicted octanol–water partition coefficient (Wildman–Crippen LogP) is 5.56. The molecule has 2 amide bonds. The van der Waals surface area contributed by atoms with Gasteiger partial charge in [-0.05, 0) is 42.7 Å². The zero-order chi connectivity index (χ0) is 21.9. The lowest BCUT2D eigenvalue weighted by Gasteiger charge is -2.29. The number of rotatable bonds is 11. The van der Waals surface area contributed by atoms with E-state index in [9.17, 15) is 9.59 Å². The van der Waals surface area contributed by atoms with Gasteiger partial charge >= 0.3 is 0 Å². The van der Waals surface area contributed by atoms with Crippen LogP contribution in [0.3, 0.4) is 0 Å². The van der Waals surface area contributed by atoms with Crippen molar-refractivity contribution in [2.24, 2.45) is 0 Å². The van der Waals surface area contributed by atoms with Gasteiger partial charge in [0.1, 0.15) is 6.04 Å². The number of nitrogens with one attached hydrogen (secondary N) is 1. The number of unbranched alkanes of at least 4 members (excludes halogenated alkanes) is 1. The summed E-state index contributed by atoms with van der Waals surface area (Å²) in [7, 11) is 0. The molecule has 0 aliphatic rings. The monoisotopic (exact) mass is 466 g/mol. The number of nitrogens with zero attached hydrogens (tertiary/aromatic N) is 1. The first-order valence-corrected chi connectivity index (χ1v) is 12.0. The van der Waals surface area contributed by atoms with Crippen LogP contribution >= 0.6 is 35.0 Å². The Kier molecular flexibility index (Phi) is 10.6. The molecule has 7 heteroatoms. The molecule has 2 aromatic rings. The molecule has 2 rings (SSSR count). The highest BCUT2D eigenvalue weighted by atomic mass is 35.5. The molecule has 0 aliphatic carbocycles. The van der Waals surface area contributed by atoms with Crippen LogP contribution in [0.1, 0.15) is 37.8 Å². The van der Waals surface area contributed by atoms with Gasteiger partial charge in [0.25, 0.3) is 0 Å². The van der Waals surface area contributed by atoms with E-state index in [1.54, 1.807) is 24.0 Å². The van der Waals surface area contributed by atoms with Crippen LogP contribution in [0.25, 0.3) is 0 Å². The van der Waals surface area contributed by atoms with E-state index in [1.165, 1.54) is 11.8 Å². The summed E-state index contributed by atoms with van der Waals surface area (Å²) >= 11 is 13.7. The summed E-state index contributed by atoms with van der Waals surface area (Å²) in [5.74, 6) is 0.685. The van der Waals surface area contributed by atoms with Crippen molar-refractivity contribution in [1.82, 2.24) is 10.2 Å². The van der Waals surface area contributed by atoms with Crippen LogP contribution in [-0.2, 0) is 21.9 Å². The summed E-state index contributed by atoms with van der Waals surface area (Å²) in [4.78, 5) is 27.3. The molecule has 0 aromatic heterocycles. The lowest BCUT2D eigenvalue weighted by Crippen LogP contribution is -2.48. The van der Waals surface area contributed by atoms with Gasteiger partial charge < -0.3 is 10.2 Å². The van der Waals surface area contributed by atoms with Crippen LogP contribution in [0.4, 0.5) is 0 Å². The van der Waals surface area contributed by atoms with E-state index in [-0.39, 0.29) is 17.6 Å². The predicted molar refractivity (Wildman–Crippen MR) is 127 cm³/mol. The zero-order valence-corrected chi connectivity index (χ0v) is 19.7. The fraction of sp³-hybridized carbons (Fsp3) is 0.391. The summed E-state index contributed by atoms with van der Waals surface area (Å²) < 4.78 is 0. The maximum absolute atomic E-state index is 13.0. The van der Waals surface area contributed by atoms with Crippen LogP contribution in [0.15, 0.2) is 48.5 Å². The second-order valence-electron chi connectivity index (χ2n) is 7.05. The maximum Gasteiger partial charge on any atom is 0.242 e. The number of carbonyl (C=O) groups excluding carboxylic acids is 2. The Labute approximate surface area is 193 Å². The number of amides is 2. The summed E-state index contributed by atoms with van der Waals surface area (Å²) in [6, 6.07) is 14.4. The van der Waals surface area contributed by atoms with E-state index in [0.29, 0.717) is 28.9 Å². The summed E-state index contributed by atoms with van der Waals surface area (Å²) in [6.07, 6.45) is 1.91. The molecule has 0 unspecified atom stereocenters. The van der Waals surface area contributed by atoms with Crippen molar-refractivity contribution in [3.05, 3.63) is 69.7 Å². The van der Waals surface area contributed by atoms with Gasteiger partial charge in [0.15, 0.2) is 0 Å². The van der Waals surface area contributed by atoms with Crippen LogP contribution in [0, 0.1) is 0 Å². The largest absolute Gasteiger partial charge is 0.354 e. The van der Waals surface area contributed by atoms with E-state index in [1.807, 2.05) is 36.4 Å². The summed E-state index contributed by atoms with van der Waals surface area (Å²) in [5, 5.41) is 4.25. The van der Waals surface area contributed by atoms with Crippen molar-refractivity contribution < 1.29 is 9.59 Å². The molecule has 2 aromatic carbocycles. The molecule has 0 saturated heterocycles. The maximum atomic E-state index is 13.0. The van der Waals surface area contributed by atoms with Crippen molar-refractivity contribution >= 4 is 46.8 Å². The molecular formula is C23H28Cl2N2O2S. The SMILES string of the molecule is CCCCNC(=O)[C@@H](C)N(Cc1ccc(Cl)cc1)C(=O)CSCc1ccccc1Cl. The highest BCUT2D eigenvalue weighted by Gasteiger charge is 2.25. The van der Waals surface area contributed by atoms with Crippen molar-refractivity contribution in [1.29, 1.82) is 0 Å². The van der Waals surface area contributed by atoms with Gasteiger partial charge in [0.05, 0.1) is 5.75 Å². The third-order valence-corrected chi connectivity index (χ3v) is 6.29. The smallest absolute Gasteiger partial charge is 0.242 e. The Hall–Kier alpha value is -1.69. The Morgan fingerprint density at radius 1 is 1.10 bits per heavy atom. The van der Waals surface area contributed by atoms with Crippen LogP contribution in [0.5, 0.6) is 0 Å². The second-order valence-corrected chi connectivity index (χ2v) is 8.88. The van der Waals surface area contributed by atoms with Crippen LogP contribution in [0.2, 0.25) is 10.0 Å². The number of halogens is 2. The lowest BCUT2D eigenvalue weighted by molar-refractivity contribution is -0.138. The van der Waals surface area contributed by atoms with Crippen LogP contribution in [-0.4, -0.2) is 35.1 Å². The number of benzene rings is 2. The molecule has 4 nitrogen and oxygen atoms in total. The van der Waals surface area contributed by atoms with Gasteiger partial charge in [0, 0.05) is 28.9 Å². The third kappa shape index (κ3) is 7.86. The molecule has 0 radical (unpaired) electrons. The van der Waals surface area contributed by atoms with E-state index < -0.39 is 6.04 Å². The van der Waals surface area contributed by atoms with Gasteiger partial charge in [-0.3, -0.25) is 9.59 Å². The Bertz CT molecular complexity index is 830. The number of thioether (sulfide) groups is 1. The normalized spacial score (nSPS) is 11.7. The minimum atomic E-state index is -0.564. The molecule has 0 saturated carbocycles. The molecule has 0 bridgehead atoms. The van der Waals surface area contributed by atoms with Crippen molar-refractivity contribution in [3.63, 3.8) is 0 Å². The van der Waals surface area contributed by atoms with Gasteiger partial charge in [-0.2, -0.15) is 0 Å². The molecule has 0 fully saturated rings. The molecule has 0 aliphatic heterocycles. The fourth-order valence-electron chi connectivity index (χ4n) is 2.85. The molecule has 0 spiro atoms. The lowest BCUT2D eigenvalue weighted by atomic mass is 10.1. The van der Waals surface area contributed by atoms with Crippen molar-refractivity contribution in [2.75, 3.05) is 12.3 Å². The van der Waals surface area contributed by atoms with E-state index in [0.717, 1.165) is 24.0 Å². The second kappa shape index (κ2) is 12.9. The number of hydrogen-bond donors (Lipinski definition) is 1. The number of carbonyl (C=O) groups is 2. The highest BCUT2D eigenvalue weighted by Crippen LogP contribution is 2.22. The first-order chi connectivity index (χ1) is 14.4. The van der Waals surface area contributed by atoms with Gasteiger partial charge in [-0.1, -0.05) is 66.9 Å². The van der Waals surface area contributed by atoms with Crippen molar-refractivity contribution in [3.8, 4) is 0 Å². The molecule has 0 heterocycles. The zero-order valence-electron chi connectivity index (χ0n) is 17.4. The van der Waals surface area contributed by atoms with Gasteiger partial charge in [0.2, 0.25) is 11.8 Å². The molecule has 30 heavy (non-hydrogen) atoms. The average molecular weight is 467 g/mol. The van der Waals surface area contributed by atoms with Gasteiger partial charge in [-0.25, -0.2) is 0 Å². The quantitative estimate of drug-likeness (QED) is 0.440. The van der Waals surface area contributed by atoms with E-state index in [4.69, 9.17) is 23.2 Å². The van der Waals surface area contributed by atoms with Crippen molar-refractivity contribution in [2.45, 2.75) is 45.0 Å². The number of hydrogen-bond acceptors (Lipinski definition) is 3. The Balaban J connectivity index is 2.04.